The van der Waals surface area contributed by atoms with E-state index in [1.807, 2.05) is 39.8 Å². The molecule has 0 aliphatic rings. The fourth-order valence-corrected chi connectivity index (χ4v) is 3.17. The molecule has 0 radical (unpaired) electrons. The minimum Gasteiger partial charge on any atom is -0.496 e. The standard InChI is InChI=1S/C21H25BrN2O3/c1-6-16-17(11-8-12-18(16)27-5)19(25)23-24(21(2,3)4)20(26)14-9-7-10-15(22)13-14/h7-13H,6H2,1-5H3,(H,23,25). The van der Waals surface area contributed by atoms with Crippen LogP contribution in [0.15, 0.2) is 46.9 Å². The van der Waals surface area contributed by atoms with Crippen molar-refractivity contribution in [1.82, 2.24) is 10.4 Å². The van der Waals surface area contributed by atoms with Gasteiger partial charge in [0, 0.05) is 21.2 Å². The summed E-state index contributed by atoms with van der Waals surface area (Å²) in [6.07, 6.45) is 0.641. The molecular weight excluding hydrogens is 408 g/mol. The highest BCUT2D eigenvalue weighted by molar-refractivity contribution is 9.10. The van der Waals surface area contributed by atoms with Gasteiger partial charge in [0.1, 0.15) is 5.75 Å². The summed E-state index contributed by atoms with van der Waals surface area (Å²) in [6, 6.07) is 12.4. The summed E-state index contributed by atoms with van der Waals surface area (Å²) in [7, 11) is 1.58. The predicted molar refractivity (Wildman–Crippen MR) is 110 cm³/mol. The number of nitrogens with one attached hydrogen (secondary N) is 1. The molecule has 0 saturated carbocycles. The summed E-state index contributed by atoms with van der Waals surface area (Å²) in [4.78, 5) is 26.0. The molecule has 0 aromatic heterocycles. The molecule has 0 heterocycles. The quantitative estimate of drug-likeness (QED) is 0.717. The third-order valence-electron chi connectivity index (χ3n) is 4.11. The van der Waals surface area contributed by atoms with Crippen LogP contribution in [0.1, 0.15) is 54.0 Å². The van der Waals surface area contributed by atoms with Crippen LogP contribution in [-0.4, -0.2) is 29.5 Å². The lowest BCUT2D eigenvalue weighted by molar-refractivity contribution is 0.0358. The van der Waals surface area contributed by atoms with Crippen molar-refractivity contribution in [3.63, 3.8) is 0 Å². The Hall–Kier alpha value is -2.34. The Balaban J connectivity index is 2.38. The first-order valence-electron chi connectivity index (χ1n) is 8.76. The zero-order valence-electron chi connectivity index (χ0n) is 16.3. The van der Waals surface area contributed by atoms with E-state index >= 15 is 0 Å². The molecule has 0 aliphatic heterocycles. The Labute approximate surface area is 168 Å². The number of halogens is 1. The molecule has 2 rings (SSSR count). The maximum absolute atomic E-state index is 13.1. The Kier molecular flexibility index (Phi) is 6.65. The average molecular weight is 433 g/mol. The fourth-order valence-electron chi connectivity index (χ4n) is 2.77. The van der Waals surface area contributed by atoms with Crippen molar-refractivity contribution in [1.29, 1.82) is 0 Å². The van der Waals surface area contributed by atoms with Gasteiger partial charge in [-0.3, -0.25) is 15.0 Å². The molecule has 2 aromatic rings. The zero-order valence-corrected chi connectivity index (χ0v) is 17.9. The fraction of sp³-hybridized carbons (Fsp3) is 0.333. The van der Waals surface area contributed by atoms with Crippen LogP contribution in [0.5, 0.6) is 5.75 Å². The van der Waals surface area contributed by atoms with Crippen molar-refractivity contribution in [2.24, 2.45) is 0 Å². The number of nitrogens with zero attached hydrogens (tertiary/aromatic N) is 1. The number of carbonyl (C=O) groups excluding carboxylic acids is 2. The molecule has 2 aromatic carbocycles. The van der Waals surface area contributed by atoms with E-state index in [4.69, 9.17) is 4.74 Å². The van der Waals surface area contributed by atoms with E-state index < -0.39 is 5.54 Å². The van der Waals surface area contributed by atoms with Crippen LogP contribution in [-0.2, 0) is 6.42 Å². The lowest BCUT2D eigenvalue weighted by Gasteiger charge is -2.35. The molecule has 0 bridgehead atoms. The molecule has 0 fully saturated rings. The van der Waals surface area contributed by atoms with Gasteiger partial charge in [-0.15, -0.1) is 0 Å². The first kappa shape index (κ1) is 21.0. The zero-order chi connectivity index (χ0) is 20.2. The number of carbonyl (C=O) groups is 2. The average Bonchev–Trinajstić information content (AvgIpc) is 2.63. The van der Waals surface area contributed by atoms with Gasteiger partial charge < -0.3 is 4.74 Å². The summed E-state index contributed by atoms with van der Waals surface area (Å²) in [6.45, 7) is 7.57. The summed E-state index contributed by atoms with van der Waals surface area (Å²) >= 11 is 3.38. The largest absolute Gasteiger partial charge is 0.496 e. The summed E-state index contributed by atoms with van der Waals surface area (Å²) in [5.74, 6) is 0.0351. The number of methoxy groups -OCH3 is 1. The van der Waals surface area contributed by atoms with Crippen molar-refractivity contribution < 1.29 is 14.3 Å². The van der Waals surface area contributed by atoms with Gasteiger partial charge in [-0.1, -0.05) is 35.0 Å². The molecule has 6 heteroatoms. The van der Waals surface area contributed by atoms with Gasteiger partial charge in [-0.2, -0.15) is 0 Å². The smallest absolute Gasteiger partial charge is 0.272 e. The maximum atomic E-state index is 13.1. The van der Waals surface area contributed by atoms with Gasteiger partial charge in [-0.05, 0) is 57.5 Å². The van der Waals surface area contributed by atoms with E-state index in [1.54, 1.807) is 37.4 Å². The van der Waals surface area contributed by atoms with Crippen LogP contribution in [0.25, 0.3) is 0 Å². The second-order valence-corrected chi connectivity index (χ2v) is 8.02. The summed E-state index contributed by atoms with van der Waals surface area (Å²) < 4.78 is 6.16. The number of hydrogen-bond donors (Lipinski definition) is 1. The highest BCUT2D eigenvalue weighted by Gasteiger charge is 2.30. The van der Waals surface area contributed by atoms with E-state index in [0.717, 1.165) is 10.0 Å². The summed E-state index contributed by atoms with van der Waals surface area (Å²) in [5.41, 5.74) is 3.97. The lowest BCUT2D eigenvalue weighted by Crippen LogP contribution is -2.56. The number of hydrazine groups is 1. The molecule has 144 valence electrons. The molecular formula is C21H25BrN2O3. The molecule has 5 nitrogen and oxygen atoms in total. The second kappa shape index (κ2) is 8.57. The highest BCUT2D eigenvalue weighted by atomic mass is 79.9. The van der Waals surface area contributed by atoms with Crippen LogP contribution < -0.4 is 10.2 Å². The van der Waals surface area contributed by atoms with E-state index in [9.17, 15) is 9.59 Å². The Bertz CT molecular complexity index is 844. The number of amides is 2. The van der Waals surface area contributed by atoms with Crippen LogP contribution >= 0.6 is 15.9 Å². The normalized spacial score (nSPS) is 11.0. The number of benzene rings is 2. The first-order valence-corrected chi connectivity index (χ1v) is 9.55. The molecule has 2 amide bonds. The minimum atomic E-state index is -0.611. The van der Waals surface area contributed by atoms with Crippen molar-refractivity contribution in [2.45, 2.75) is 39.7 Å². The van der Waals surface area contributed by atoms with Crippen LogP contribution in [0.3, 0.4) is 0 Å². The third kappa shape index (κ3) is 4.89. The molecule has 0 aliphatic carbocycles. The lowest BCUT2D eigenvalue weighted by atomic mass is 10.0. The highest BCUT2D eigenvalue weighted by Crippen LogP contribution is 2.24. The Morgan fingerprint density at radius 1 is 1.15 bits per heavy atom. The van der Waals surface area contributed by atoms with E-state index in [1.165, 1.54) is 5.01 Å². The second-order valence-electron chi connectivity index (χ2n) is 7.10. The molecule has 0 atom stereocenters. The van der Waals surface area contributed by atoms with Gasteiger partial charge in [0.15, 0.2) is 0 Å². The van der Waals surface area contributed by atoms with Crippen molar-refractivity contribution in [2.75, 3.05) is 7.11 Å². The Morgan fingerprint density at radius 3 is 2.37 bits per heavy atom. The molecule has 0 spiro atoms. The van der Waals surface area contributed by atoms with E-state index in [2.05, 4.69) is 21.4 Å². The Morgan fingerprint density at radius 2 is 1.81 bits per heavy atom. The van der Waals surface area contributed by atoms with Gasteiger partial charge in [0.25, 0.3) is 11.8 Å². The SMILES string of the molecule is CCc1c(OC)cccc1C(=O)NN(C(=O)c1cccc(Br)c1)C(C)(C)C. The molecule has 0 unspecified atom stereocenters. The van der Waals surface area contributed by atoms with Crippen molar-refractivity contribution in [3.05, 3.63) is 63.6 Å². The minimum absolute atomic E-state index is 0.280. The number of rotatable bonds is 4. The topological polar surface area (TPSA) is 58.6 Å². The van der Waals surface area contributed by atoms with Crippen molar-refractivity contribution >= 4 is 27.7 Å². The van der Waals surface area contributed by atoms with Gasteiger partial charge in [-0.25, -0.2) is 5.01 Å². The number of ether oxygens (including phenoxy) is 1. The molecule has 1 N–H and O–H groups in total. The third-order valence-corrected chi connectivity index (χ3v) is 4.60. The van der Waals surface area contributed by atoms with Crippen molar-refractivity contribution in [3.8, 4) is 5.75 Å². The monoisotopic (exact) mass is 432 g/mol. The van der Waals surface area contributed by atoms with Gasteiger partial charge >= 0.3 is 0 Å². The van der Waals surface area contributed by atoms with Crippen LogP contribution in [0.2, 0.25) is 0 Å². The van der Waals surface area contributed by atoms with E-state index in [-0.39, 0.29) is 11.8 Å². The van der Waals surface area contributed by atoms with Gasteiger partial charge in [0.05, 0.1) is 12.6 Å². The summed E-state index contributed by atoms with van der Waals surface area (Å²) in [5, 5.41) is 1.37. The predicted octanol–water partition coefficient (Wildman–Crippen LogP) is 4.61. The van der Waals surface area contributed by atoms with Gasteiger partial charge in [0.2, 0.25) is 0 Å². The maximum Gasteiger partial charge on any atom is 0.272 e. The van der Waals surface area contributed by atoms with E-state index in [0.29, 0.717) is 23.3 Å². The number of hydrogen-bond acceptors (Lipinski definition) is 3. The van der Waals surface area contributed by atoms with Crippen LogP contribution in [0, 0.1) is 0 Å². The molecule has 0 saturated heterocycles. The van der Waals surface area contributed by atoms with Crippen LogP contribution in [0.4, 0.5) is 0 Å². The molecule has 27 heavy (non-hydrogen) atoms. The first-order chi connectivity index (χ1) is 12.7.